The van der Waals surface area contributed by atoms with E-state index in [0.717, 1.165) is 96.3 Å². The lowest BCUT2D eigenvalue weighted by Gasteiger charge is -2.18. The molecule has 0 aliphatic rings. The number of rotatable bonds is 44. The van der Waals surface area contributed by atoms with E-state index in [1.54, 1.807) is 0 Å². The number of hydrogen-bond acceptors (Lipinski definition) is 6. The van der Waals surface area contributed by atoms with Gasteiger partial charge in [-0.2, -0.15) is 0 Å². The Balaban J connectivity index is 4.56. The number of allylic oxidation sites excluding steroid dienone is 20. The maximum Gasteiger partial charge on any atom is 0.306 e. The summed E-state index contributed by atoms with van der Waals surface area (Å²) in [5.41, 5.74) is 0. The second-order valence-corrected chi connectivity index (χ2v) is 16.5. The monoisotopic (exact) mass is 885 g/mol. The molecule has 0 aliphatic carbocycles. The zero-order chi connectivity index (χ0) is 46.5. The molecule has 0 heterocycles. The van der Waals surface area contributed by atoms with Crippen LogP contribution in [0.3, 0.4) is 0 Å². The third-order valence-electron chi connectivity index (χ3n) is 10.4. The minimum absolute atomic E-state index is 0.107. The van der Waals surface area contributed by atoms with E-state index in [1.165, 1.54) is 64.2 Å². The van der Waals surface area contributed by atoms with Crippen LogP contribution in [0.4, 0.5) is 0 Å². The van der Waals surface area contributed by atoms with Gasteiger partial charge in [-0.1, -0.05) is 232 Å². The molecule has 0 fully saturated rings. The van der Waals surface area contributed by atoms with Crippen LogP contribution >= 0.6 is 0 Å². The molecular formula is C58H92O6. The van der Waals surface area contributed by atoms with E-state index < -0.39 is 6.10 Å². The summed E-state index contributed by atoms with van der Waals surface area (Å²) in [5.74, 6) is -0.991. The summed E-state index contributed by atoms with van der Waals surface area (Å²) in [5, 5.41) is 0. The van der Waals surface area contributed by atoms with Crippen LogP contribution in [-0.2, 0) is 28.6 Å². The van der Waals surface area contributed by atoms with E-state index in [4.69, 9.17) is 14.2 Å². The topological polar surface area (TPSA) is 78.9 Å². The van der Waals surface area contributed by atoms with Crippen LogP contribution in [0.1, 0.15) is 207 Å². The molecule has 0 amide bonds. The normalized spacial score (nSPS) is 13.1. The molecule has 0 aliphatic heterocycles. The first-order chi connectivity index (χ1) is 31.5. The molecule has 360 valence electrons. The molecule has 0 aromatic rings. The number of ether oxygens (including phenoxy) is 3. The molecule has 0 aromatic heterocycles. The number of esters is 3. The largest absolute Gasteiger partial charge is 0.462 e. The third-order valence-corrected chi connectivity index (χ3v) is 10.4. The van der Waals surface area contributed by atoms with Gasteiger partial charge in [-0.25, -0.2) is 0 Å². The van der Waals surface area contributed by atoms with Crippen LogP contribution in [0.5, 0.6) is 0 Å². The average Bonchev–Trinajstić information content (AvgIpc) is 3.29. The maximum atomic E-state index is 12.8. The maximum absolute atomic E-state index is 12.8. The summed E-state index contributed by atoms with van der Waals surface area (Å²) >= 11 is 0. The SMILES string of the molecule is CC\C=C/C=C\C=C/C=C\C=C\C=C/CCCCCC(=O)OCC(COC(=O)CCCCCCCCCCCCCCC)OC(=O)CCCCC/C=C\C/C=C\C/C=C\C/C=C\CC. The lowest BCUT2D eigenvalue weighted by molar-refractivity contribution is -0.167. The van der Waals surface area contributed by atoms with Gasteiger partial charge < -0.3 is 14.2 Å². The van der Waals surface area contributed by atoms with Gasteiger partial charge in [0.05, 0.1) is 0 Å². The Kier molecular flexibility index (Phi) is 48.1. The van der Waals surface area contributed by atoms with Crippen LogP contribution in [0, 0.1) is 0 Å². The molecule has 0 rings (SSSR count). The predicted molar refractivity (Wildman–Crippen MR) is 274 cm³/mol. The highest BCUT2D eigenvalue weighted by Crippen LogP contribution is 2.14. The minimum Gasteiger partial charge on any atom is -0.462 e. The van der Waals surface area contributed by atoms with Crippen molar-refractivity contribution >= 4 is 17.9 Å². The molecular weight excluding hydrogens is 793 g/mol. The molecule has 1 unspecified atom stereocenters. The highest BCUT2D eigenvalue weighted by Gasteiger charge is 2.19. The zero-order valence-electron chi connectivity index (χ0n) is 41.0. The Labute approximate surface area is 392 Å². The highest BCUT2D eigenvalue weighted by molar-refractivity contribution is 5.71. The Morgan fingerprint density at radius 3 is 1.14 bits per heavy atom. The van der Waals surface area contributed by atoms with E-state index in [1.807, 2.05) is 60.8 Å². The molecule has 0 radical (unpaired) electrons. The number of hydrogen-bond donors (Lipinski definition) is 0. The summed E-state index contributed by atoms with van der Waals surface area (Å²) in [6.45, 7) is 6.30. The van der Waals surface area contributed by atoms with Gasteiger partial charge in [-0.3, -0.25) is 14.4 Å². The van der Waals surface area contributed by atoms with Gasteiger partial charge in [0, 0.05) is 19.3 Å². The summed E-state index contributed by atoms with van der Waals surface area (Å²) < 4.78 is 16.7. The lowest BCUT2D eigenvalue weighted by Crippen LogP contribution is -2.30. The van der Waals surface area contributed by atoms with Gasteiger partial charge in [-0.15, -0.1) is 0 Å². The molecule has 64 heavy (non-hydrogen) atoms. The van der Waals surface area contributed by atoms with Gasteiger partial charge in [0.2, 0.25) is 0 Å². The van der Waals surface area contributed by atoms with Crippen LogP contribution in [0.2, 0.25) is 0 Å². The molecule has 1 atom stereocenters. The van der Waals surface area contributed by atoms with E-state index in [2.05, 4.69) is 81.5 Å². The van der Waals surface area contributed by atoms with Crippen molar-refractivity contribution in [2.75, 3.05) is 13.2 Å². The van der Waals surface area contributed by atoms with Crippen molar-refractivity contribution in [3.8, 4) is 0 Å². The lowest BCUT2D eigenvalue weighted by atomic mass is 10.0. The fourth-order valence-corrected chi connectivity index (χ4v) is 6.58. The van der Waals surface area contributed by atoms with Crippen molar-refractivity contribution < 1.29 is 28.6 Å². The Morgan fingerprint density at radius 1 is 0.344 bits per heavy atom. The van der Waals surface area contributed by atoms with Gasteiger partial charge in [0.1, 0.15) is 13.2 Å². The quantitative estimate of drug-likeness (QED) is 0.0199. The highest BCUT2D eigenvalue weighted by atomic mass is 16.6. The van der Waals surface area contributed by atoms with Gasteiger partial charge in [-0.05, 0) is 77.0 Å². The Hall–Kier alpha value is -4.19. The molecule has 6 nitrogen and oxygen atoms in total. The summed E-state index contributed by atoms with van der Waals surface area (Å²) in [7, 11) is 0. The van der Waals surface area contributed by atoms with Gasteiger partial charge >= 0.3 is 17.9 Å². The second kappa shape index (κ2) is 51.4. The fourth-order valence-electron chi connectivity index (χ4n) is 6.58. The fraction of sp³-hybridized carbons (Fsp3) is 0.603. The smallest absolute Gasteiger partial charge is 0.306 e. The summed E-state index contributed by atoms with van der Waals surface area (Å²) in [4.78, 5) is 38.0. The Morgan fingerprint density at radius 2 is 0.688 bits per heavy atom. The first-order valence-electron chi connectivity index (χ1n) is 25.6. The van der Waals surface area contributed by atoms with Crippen molar-refractivity contribution in [2.45, 2.75) is 213 Å². The number of carbonyl (C=O) groups is 3. The predicted octanol–water partition coefficient (Wildman–Crippen LogP) is 16.9. The zero-order valence-corrected chi connectivity index (χ0v) is 41.0. The van der Waals surface area contributed by atoms with Crippen molar-refractivity contribution in [1.82, 2.24) is 0 Å². The summed E-state index contributed by atoms with van der Waals surface area (Å²) in [6, 6.07) is 0. The van der Waals surface area contributed by atoms with Crippen molar-refractivity contribution in [3.63, 3.8) is 0 Å². The van der Waals surface area contributed by atoms with Crippen molar-refractivity contribution in [3.05, 3.63) is 122 Å². The Bertz CT molecular complexity index is 1390. The van der Waals surface area contributed by atoms with E-state index in [9.17, 15) is 14.4 Å². The van der Waals surface area contributed by atoms with Crippen LogP contribution in [0.25, 0.3) is 0 Å². The number of unbranched alkanes of at least 4 members (excludes halogenated alkanes) is 18. The second-order valence-electron chi connectivity index (χ2n) is 16.5. The van der Waals surface area contributed by atoms with Crippen LogP contribution < -0.4 is 0 Å². The molecule has 6 heteroatoms. The standard InChI is InChI=1S/C58H92O6/c1-4-7-10-13-16-19-22-25-27-29-31-33-36-39-42-45-48-51-57(60)63-54-55(53-62-56(59)50-47-44-41-38-35-32-24-21-18-15-12-9-6-3)64-58(61)52-49-46-43-40-37-34-30-28-26-23-20-17-14-11-8-5-2/h7-8,10-11,13,16-17,19-20,22,25-29,31,33-34,36-37,55H,4-6,9,12,14-15,18,21,23-24,30,32,35,38-54H2,1-3H3/b10-7-,11-8-,16-13-,20-17-,22-19-,27-25-,28-26-,31-29+,36-33-,37-34-. The molecule has 0 saturated heterocycles. The van der Waals surface area contributed by atoms with Crippen molar-refractivity contribution in [1.29, 1.82) is 0 Å². The number of carbonyl (C=O) groups excluding carboxylic acids is 3. The van der Waals surface area contributed by atoms with Crippen LogP contribution in [-0.4, -0.2) is 37.2 Å². The molecule has 0 spiro atoms. The molecule has 0 bridgehead atoms. The summed E-state index contributed by atoms with van der Waals surface area (Å²) in [6.07, 6.45) is 70.3. The van der Waals surface area contributed by atoms with E-state index >= 15 is 0 Å². The molecule has 0 N–H and O–H groups in total. The van der Waals surface area contributed by atoms with E-state index in [0.29, 0.717) is 19.3 Å². The van der Waals surface area contributed by atoms with Gasteiger partial charge in [0.25, 0.3) is 0 Å². The first-order valence-corrected chi connectivity index (χ1v) is 25.6. The average molecular weight is 885 g/mol. The van der Waals surface area contributed by atoms with Gasteiger partial charge in [0.15, 0.2) is 6.10 Å². The molecule has 0 aromatic carbocycles. The molecule has 0 saturated carbocycles. The minimum atomic E-state index is -0.815. The van der Waals surface area contributed by atoms with Crippen LogP contribution in [0.15, 0.2) is 122 Å². The van der Waals surface area contributed by atoms with E-state index in [-0.39, 0.29) is 37.5 Å². The first kappa shape index (κ1) is 59.8. The van der Waals surface area contributed by atoms with Crippen molar-refractivity contribution in [2.24, 2.45) is 0 Å². The third kappa shape index (κ3) is 48.8.